The Morgan fingerprint density at radius 3 is 1.39 bits per heavy atom. The average Bonchev–Trinajstić information content (AvgIpc) is 3.86. The van der Waals surface area contributed by atoms with Crippen LogP contribution in [0.15, 0.2) is 84.2 Å². The summed E-state index contributed by atoms with van der Waals surface area (Å²) >= 11 is 1.80. The lowest BCUT2D eigenvalue weighted by atomic mass is 9.65. The van der Waals surface area contributed by atoms with E-state index in [4.69, 9.17) is 0 Å². The van der Waals surface area contributed by atoms with E-state index in [2.05, 4.69) is 138 Å². The molecular formula is C45H46S. The maximum atomic E-state index is 2.56. The molecule has 5 aromatic rings. The fourth-order valence-corrected chi connectivity index (χ4v) is 11.0. The second-order valence-electron chi connectivity index (χ2n) is 13.9. The van der Waals surface area contributed by atoms with Crippen molar-refractivity contribution < 1.29 is 0 Å². The fraction of sp³-hybridized carbons (Fsp3) is 0.333. The van der Waals surface area contributed by atoms with E-state index < -0.39 is 0 Å². The molecular weight excluding hydrogens is 573 g/mol. The molecule has 0 N–H and O–H groups in total. The Kier molecular flexibility index (Phi) is 6.89. The smallest absolute Gasteiger partial charge is 0.0270 e. The van der Waals surface area contributed by atoms with E-state index in [0.717, 1.165) is 38.5 Å². The standard InChI is InChI=1S/C45H46S/c1-7-43(8-2)35-22-16-14-20-32(35)38-40(43)37-31-19-13-15-21-34(31)44(9-3,10-4)41(37)39-33-26-24-29(23-25-30-18-17-27-46-30)28-36(33)45(11-5,12-6)42(38)39/h13-28H,7-12H2,1-6H3/b25-23+. The van der Waals surface area contributed by atoms with Crippen molar-refractivity contribution >= 4 is 23.5 Å². The highest BCUT2D eigenvalue weighted by Gasteiger charge is 2.56. The maximum Gasteiger partial charge on any atom is 0.0270 e. The lowest BCUT2D eigenvalue weighted by molar-refractivity contribution is 0.473. The van der Waals surface area contributed by atoms with E-state index in [0.29, 0.717) is 0 Å². The molecule has 8 rings (SSSR count). The fourth-order valence-electron chi connectivity index (χ4n) is 10.4. The topological polar surface area (TPSA) is 0 Å². The van der Waals surface area contributed by atoms with Crippen LogP contribution in [0.2, 0.25) is 0 Å². The van der Waals surface area contributed by atoms with Crippen molar-refractivity contribution in [2.45, 2.75) is 96.3 Å². The number of thiophene rings is 1. The average molecular weight is 619 g/mol. The molecule has 0 saturated heterocycles. The Labute approximate surface area is 280 Å². The van der Waals surface area contributed by atoms with Crippen molar-refractivity contribution in [1.82, 2.24) is 0 Å². The Hall–Kier alpha value is -3.68. The normalized spacial score (nSPS) is 17.0. The summed E-state index contributed by atoms with van der Waals surface area (Å²) in [6.07, 6.45) is 11.2. The van der Waals surface area contributed by atoms with Gasteiger partial charge in [-0.05, 0) is 128 Å². The van der Waals surface area contributed by atoms with Crippen LogP contribution in [0, 0.1) is 0 Å². The summed E-state index contributed by atoms with van der Waals surface area (Å²) in [5.74, 6) is 0. The minimum Gasteiger partial charge on any atom is -0.144 e. The van der Waals surface area contributed by atoms with Crippen molar-refractivity contribution in [2.75, 3.05) is 0 Å². The third-order valence-electron chi connectivity index (χ3n) is 12.8. The van der Waals surface area contributed by atoms with Crippen LogP contribution >= 0.6 is 11.3 Å². The molecule has 0 bridgehead atoms. The molecule has 0 saturated carbocycles. The van der Waals surface area contributed by atoms with Gasteiger partial charge in [0.15, 0.2) is 0 Å². The largest absolute Gasteiger partial charge is 0.144 e. The summed E-state index contributed by atoms with van der Waals surface area (Å²) in [6.45, 7) is 14.7. The van der Waals surface area contributed by atoms with Crippen LogP contribution in [0.5, 0.6) is 0 Å². The number of benzene rings is 4. The summed E-state index contributed by atoms with van der Waals surface area (Å²) < 4.78 is 0. The SMILES string of the molecule is CCC1(CC)c2ccccc2-c2c1c1c(c3c2C(CC)(CC)c2cc(/C=C/c4cccs4)ccc2-3)C(CC)(CC)c2ccccc2-1. The second kappa shape index (κ2) is 10.7. The third-order valence-corrected chi connectivity index (χ3v) is 13.6. The zero-order chi connectivity index (χ0) is 31.8. The number of fused-ring (bicyclic) bond motifs is 12. The minimum atomic E-state index is -0.0385. The first-order valence-corrected chi connectivity index (χ1v) is 18.7. The van der Waals surface area contributed by atoms with Gasteiger partial charge in [0.1, 0.15) is 0 Å². The highest BCUT2D eigenvalue weighted by atomic mass is 32.1. The van der Waals surface area contributed by atoms with Crippen LogP contribution in [-0.4, -0.2) is 0 Å². The van der Waals surface area contributed by atoms with Crippen LogP contribution < -0.4 is 0 Å². The van der Waals surface area contributed by atoms with Crippen molar-refractivity contribution in [3.63, 3.8) is 0 Å². The van der Waals surface area contributed by atoms with E-state index >= 15 is 0 Å². The molecule has 1 heterocycles. The lowest BCUT2D eigenvalue weighted by Gasteiger charge is -2.37. The Bertz CT molecular complexity index is 2000. The first-order valence-electron chi connectivity index (χ1n) is 17.8. The van der Waals surface area contributed by atoms with Gasteiger partial charge in [0.05, 0.1) is 0 Å². The number of hydrogen-bond donors (Lipinski definition) is 0. The third kappa shape index (κ3) is 3.51. The highest BCUT2D eigenvalue weighted by Crippen LogP contribution is 2.70. The zero-order valence-electron chi connectivity index (χ0n) is 28.4. The van der Waals surface area contributed by atoms with Gasteiger partial charge in [-0.15, -0.1) is 11.3 Å². The molecule has 0 atom stereocenters. The van der Waals surface area contributed by atoms with Gasteiger partial charge in [0.2, 0.25) is 0 Å². The monoisotopic (exact) mass is 618 g/mol. The molecule has 3 aliphatic rings. The molecule has 0 radical (unpaired) electrons. The summed E-state index contributed by atoms with van der Waals surface area (Å²) in [5, 5.41) is 2.16. The Morgan fingerprint density at radius 2 is 0.935 bits per heavy atom. The predicted octanol–water partition coefficient (Wildman–Crippen LogP) is 13.2. The summed E-state index contributed by atoms with van der Waals surface area (Å²) in [4.78, 5) is 1.30. The maximum absolute atomic E-state index is 2.56. The molecule has 4 aromatic carbocycles. The van der Waals surface area contributed by atoms with Gasteiger partial charge in [-0.25, -0.2) is 0 Å². The minimum absolute atomic E-state index is 0.000381. The summed E-state index contributed by atoms with van der Waals surface area (Å²) in [6, 6.07) is 30.8. The van der Waals surface area contributed by atoms with Crippen LogP contribution in [0.4, 0.5) is 0 Å². The molecule has 46 heavy (non-hydrogen) atoms. The Morgan fingerprint density at radius 1 is 0.478 bits per heavy atom. The second-order valence-corrected chi connectivity index (χ2v) is 14.8. The van der Waals surface area contributed by atoms with E-state index in [-0.39, 0.29) is 16.2 Å². The quantitative estimate of drug-likeness (QED) is 0.162. The molecule has 0 amide bonds. The summed E-state index contributed by atoms with van der Waals surface area (Å²) in [7, 11) is 0. The van der Waals surface area contributed by atoms with Gasteiger partial charge < -0.3 is 0 Å². The van der Waals surface area contributed by atoms with E-state index in [9.17, 15) is 0 Å². The van der Waals surface area contributed by atoms with Gasteiger partial charge in [0.25, 0.3) is 0 Å². The molecule has 232 valence electrons. The van der Waals surface area contributed by atoms with E-state index in [1.807, 2.05) is 0 Å². The van der Waals surface area contributed by atoms with Crippen LogP contribution in [-0.2, 0) is 16.2 Å². The molecule has 0 fully saturated rings. The Balaban J connectivity index is 1.57. The number of rotatable bonds is 8. The van der Waals surface area contributed by atoms with Gasteiger partial charge in [-0.3, -0.25) is 0 Å². The van der Waals surface area contributed by atoms with Gasteiger partial charge in [-0.1, -0.05) is 120 Å². The van der Waals surface area contributed by atoms with Gasteiger partial charge in [0, 0.05) is 21.1 Å². The van der Waals surface area contributed by atoms with E-state index in [1.165, 1.54) is 32.7 Å². The van der Waals surface area contributed by atoms with Gasteiger partial charge >= 0.3 is 0 Å². The van der Waals surface area contributed by atoms with Gasteiger partial charge in [-0.2, -0.15) is 0 Å². The van der Waals surface area contributed by atoms with Crippen molar-refractivity contribution in [2.24, 2.45) is 0 Å². The molecule has 3 aliphatic carbocycles. The summed E-state index contributed by atoms with van der Waals surface area (Å²) in [5.41, 5.74) is 20.0. The molecule has 0 unspecified atom stereocenters. The number of hydrogen-bond acceptors (Lipinski definition) is 1. The highest BCUT2D eigenvalue weighted by molar-refractivity contribution is 7.10. The molecule has 0 aliphatic heterocycles. The van der Waals surface area contributed by atoms with Crippen molar-refractivity contribution in [3.8, 4) is 33.4 Å². The van der Waals surface area contributed by atoms with Crippen LogP contribution in [0.3, 0.4) is 0 Å². The first kappa shape index (κ1) is 29.7. The first-order chi connectivity index (χ1) is 22.5. The molecule has 0 nitrogen and oxygen atoms in total. The van der Waals surface area contributed by atoms with Crippen molar-refractivity contribution in [3.05, 3.63) is 128 Å². The predicted molar refractivity (Wildman–Crippen MR) is 200 cm³/mol. The zero-order valence-corrected chi connectivity index (χ0v) is 29.2. The lowest BCUT2D eigenvalue weighted by Crippen LogP contribution is -2.29. The molecule has 0 spiro atoms. The van der Waals surface area contributed by atoms with Crippen LogP contribution in [0.25, 0.3) is 45.5 Å². The molecule has 1 heteroatoms. The van der Waals surface area contributed by atoms with Crippen molar-refractivity contribution in [1.29, 1.82) is 0 Å². The molecule has 1 aromatic heterocycles. The van der Waals surface area contributed by atoms with Crippen LogP contribution in [0.1, 0.15) is 124 Å². The van der Waals surface area contributed by atoms with E-state index in [1.54, 1.807) is 55.8 Å².